The minimum absolute atomic E-state index is 0.120. The number of hydrogen-bond donors (Lipinski definition) is 0. The lowest BCUT2D eigenvalue weighted by molar-refractivity contribution is -0.117. The molecule has 0 bridgehead atoms. The van der Waals surface area contributed by atoms with Crippen LogP contribution in [0, 0.1) is 0 Å². The van der Waals surface area contributed by atoms with Crippen molar-refractivity contribution in [3.05, 3.63) is 22.2 Å². The van der Waals surface area contributed by atoms with Gasteiger partial charge < -0.3 is 9.47 Å². The van der Waals surface area contributed by atoms with Crippen LogP contribution in [0.2, 0.25) is 0 Å². The number of carbonyl (C=O) groups excluding carboxylic acids is 1. The number of ether oxygens (including phenoxy) is 2. The fourth-order valence-corrected chi connectivity index (χ4v) is 2.07. The fraction of sp³-hybridized carbons (Fsp3) is 0.300. The molecule has 3 nitrogen and oxygen atoms in total. The number of rotatable bonds is 2. The predicted molar refractivity (Wildman–Crippen MR) is 54.8 cm³/mol. The Hall–Kier alpha value is -1.10. The maximum absolute atomic E-state index is 13.8. The highest BCUT2D eigenvalue weighted by Crippen LogP contribution is 2.41. The summed E-state index contributed by atoms with van der Waals surface area (Å²) in [5, 5.41) is 0. The summed E-state index contributed by atoms with van der Waals surface area (Å²) in [4.78, 5) is 10.6. The number of fused-ring (bicyclic) bond motifs is 1. The minimum atomic E-state index is -2.03. The highest BCUT2D eigenvalue weighted by atomic mass is 79.9. The van der Waals surface area contributed by atoms with E-state index in [-0.39, 0.29) is 18.6 Å². The van der Waals surface area contributed by atoms with Gasteiger partial charge in [-0.3, -0.25) is 4.79 Å². The van der Waals surface area contributed by atoms with E-state index in [9.17, 15) is 9.18 Å². The van der Waals surface area contributed by atoms with Gasteiger partial charge in [0.2, 0.25) is 6.79 Å². The summed E-state index contributed by atoms with van der Waals surface area (Å²) in [6.45, 7) is 1.32. The standard InChI is InChI=1S/C10H8BrFO3/c1-10(12,4-13)6-2-8-9(3-7(6)11)15-5-14-8/h2-4H,5H2,1H3. The van der Waals surface area contributed by atoms with Gasteiger partial charge in [0.25, 0.3) is 0 Å². The largest absolute Gasteiger partial charge is 0.454 e. The van der Waals surface area contributed by atoms with E-state index >= 15 is 0 Å². The second-order valence-electron chi connectivity index (χ2n) is 3.38. The first-order valence-electron chi connectivity index (χ1n) is 4.29. The lowest BCUT2D eigenvalue weighted by Crippen LogP contribution is -2.17. The Morgan fingerprint density at radius 1 is 1.47 bits per heavy atom. The molecule has 0 amide bonds. The molecule has 0 spiro atoms. The fourth-order valence-electron chi connectivity index (χ4n) is 1.36. The molecule has 1 aliphatic rings. The van der Waals surface area contributed by atoms with Gasteiger partial charge in [0.1, 0.15) is 0 Å². The zero-order valence-corrected chi connectivity index (χ0v) is 9.51. The lowest BCUT2D eigenvalue weighted by atomic mass is 9.99. The van der Waals surface area contributed by atoms with Gasteiger partial charge in [0.15, 0.2) is 23.5 Å². The monoisotopic (exact) mass is 274 g/mol. The molecule has 0 fully saturated rings. The van der Waals surface area contributed by atoms with Crippen LogP contribution in [0.4, 0.5) is 4.39 Å². The average molecular weight is 275 g/mol. The molecule has 0 N–H and O–H groups in total. The van der Waals surface area contributed by atoms with Gasteiger partial charge in [-0.15, -0.1) is 0 Å². The van der Waals surface area contributed by atoms with Crippen LogP contribution in [0.25, 0.3) is 0 Å². The van der Waals surface area contributed by atoms with Crippen LogP contribution in [0.3, 0.4) is 0 Å². The molecule has 1 unspecified atom stereocenters. The quantitative estimate of drug-likeness (QED) is 0.778. The molecule has 1 heterocycles. The molecule has 1 aromatic carbocycles. The number of hydrogen-bond acceptors (Lipinski definition) is 3. The Morgan fingerprint density at radius 3 is 2.67 bits per heavy atom. The summed E-state index contributed by atoms with van der Waals surface area (Å²) < 4.78 is 24.5. The van der Waals surface area contributed by atoms with Gasteiger partial charge in [-0.25, -0.2) is 4.39 Å². The first-order valence-corrected chi connectivity index (χ1v) is 5.09. The van der Waals surface area contributed by atoms with Crippen molar-refractivity contribution in [1.29, 1.82) is 0 Å². The second-order valence-corrected chi connectivity index (χ2v) is 4.23. The van der Waals surface area contributed by atoms with Crippen LogP contribution < -0.4 is 9.47 Å². The molecule has 1 aliphatic heterocycles. The first kappa shape index (κ1) is 10.4. The summed E-state index contributed by atoms with van der Waals surface area (Å²) in [5.41, 5.74) is -1.79. The molecule has 1 atom stereocenters. The maximum Gasteiger partial charge on any atom is 0.231 e. The van der Waals surface area contributed by atoms with E-state index in [2.05, 4.69) is 15.9 Å². The molecular weight excluding hydrogens is 267 g/mol. The van der Waals surface area contributed by atoms with Crippen molar-refractivity contribution < 1.29 is 18.7 Å². The van der Waals surface area contributed by atoms with E-state index < -0.39 is 5.67 Å². The predicted octanol–water partition coefficient (Wildman–Crippen LogP) is 2.56. The van der Waals surface area contributed by atoms with E-state index in [1.54, 1.807) is 6.07 Å². The van der Waals surface area contributed by atoms with Crippen LogP contribution >= 0.6 is 15.9 Å². The molecule has 0 saturated heterocycles. The van der Waals surface area contributed by atoms with Crippen LogP contribution in [-0.2, 0) is 10.5 Å². The topological polar surface area (TPSA) is 35.5 Å². The molecule has 1 aromatic rings. The van der Waals surface area contributed by atoms with E-state index in [0.29, 0.717) is 16.0 Å². The van der Waals surface area contributed by atoms with E-state index in [4.69, 9.17) is 9.47 Å². The maximum atomic E-state index is 13.8. The Morgan fingerprint density at radius 2 is 2.07 bits per heavy atom. The van der Waals surface area contributed by atoms with Gasteiger partial charge in [-0.1, -0.05) is 15.9 Å². The molecule has 0 aromatic heterocycles. The molecule has 0 saturated carbocycles. The highest BCUT2D eigenvalue weighted by Gasteiger charge is 2.30. The zero-order chi connectivity index (χ0) is 11.1. The molecule has 80 valence electrons. The number of halogens is 2. The SMILES string of the molecule is CC(F)(C=O)c1cc2c(cc1Br)OCO2. The summed E-state index contributed by atoms with van der Waals surface area (Å²) in [6.07, 6.45) is 0.259. The van der Waals surface area contributed by atoms with Crippen molar-refractivity contribution in [1.82, 2.24) is 0 Å². The summed E-state index contributed by atoms with van der Waals surface area (Å²) in [6, 6.07) is 3.07. The smallest absolute Gasteiger partial charge is 0.231 e. The number of carbonyl (C=O) groups is 1. The second kappa shape index (κ2) is 3.48. The van der Waals surface area contributed by atoms with Crippen LogP contribution in [0.5, 0.6) is 11.5 Å². The van der Waals surface area contributed by atoms with Gasteiger partial charge >= 0.3 is 0 Å². The van der Waals surface area contributed by atoms with E-state index in [1.807, 2.05) is 0 Å². The third-order valence-electron chi connectivity index (χ3n) is 2.21. The molecule has 2 rings (SSSR count). The number of alkyl halides is 1. The molecule has 15 heavy (non-hydrogen) atoms. The lowest BCUT2D eigenvalue weighted by Gasteiger charge is -2.15. The summed E-state index contributed by atoms with van der Waals surface area (Å²) in [5.74, 6) is 1.01. The van der Waals surface area contributed by atoms with Crippen molar-refractivity contribution in [2.75, 3.05) is 6.79 Å². The molecule has 0 radical (unpaired) electrons. The summed E-state index contributed by atoms with van der Waals surface area (Å²) in [7, 11) is 0. The zero-order valence-electron chi connectivity index (χ0n) is 7.92. The molecule has 0 aliphatic carbocycles. The van der Waals surface area contributed by atoms with Gasteiger partial charge in [-0.05, 0) is 19.1 Å². The van der Waals surface area contributed by atoms with Gasteiger partial charge in [0, 0.05) is 10.0 Å². The number of aldehydes is 1. The Kier molecular flexibility index (Phi) is 2.42. The molecular formula is C10H8BrFO3. The van der Waals surface area contributed by atoms with Gasteiger partial charge in [0.05, 0.1) is 0 Å². The third kappa shape index (κ3) is 1.71. The van der Waals surface area contributed by atoms with Crippen LogP contribution in [0.1, 0.15) is 12.5 Å². The van der Waals surface area contributed by atoms with Crippen molar-refractivity contribution in [3.8, 4) is 11.5 Å². The van der Waals surface area contributed by atoms with Crippen LogP contribution in [-0.4, -0.2) is 13.1 Å². The Bertz CT molecular complexity index is 417. The van der Waals surface area contributed by atoms with Crippen molar-refractivity contribution in [3.63, 3.8) is 0 Å². The third-order valence-corrected chi connectivity index (χ3v) is 2.87. The highest BCUT2D eigenvalue weighted by molar-refractivity contribution is 9.10. The normalized spacial score (nSPS) is 17.3. The van der Waals surface area contributed by atoms with E-state index in [0.717, 1.165) is 0 Å². The minimum Gasteiger partial charge on any atom is -0.454 e. The number of benzene rings is 1. The van der Waals surface area contributed by atoms with Crippen molar-refractivity contribution in [2.45, 2.75) is 12.6 Å². The summed E-state index contributed by atoms with van der Waals surface area (Å²) >= 11 is 3.19. The van der Waals surface area contributed by atoms with E-state index in [1.165, 1.54) is 13.0 Å². The van der Waals surface area contributed by atoms with Crippen LogP contribution in [0.15, 0.2) is 16.6 Å². The van der Waals surface area contributed by atoms with Gasteiger partial charge in [-0.2, -0.15) is 0 Å². The first-order chi connectivity index (χ1) is 7.04. The molecule has 5 heteroatoms. The van der Waals surface area contributed by atoms with Crippen molar-refractivity contribution >= 4 is 22.2 Å². The van der Waals surface area contributed by atoms with Crippen molar-refractivity contribution in [2.24, 2.45) is 0 Å². The average Bonchev–Trinajstić information content (AvgIpc) is 2.63. The Labute approximate surface area is 94.3 Å². The Balaban J connectivity index is 2.54.